The molecule has 1 saturated heterocycles. The molecule has 1 fully saturated rings. The minimum absolute atomic E-state index is 0.144. The van der Waals surface area contributed by atoms with Crippen molar-refractivity contribution in [1.82, 2.24) is 10.1 Å². The molecule has 0 radical (unpaired) electrons. The van der Waals surface area contributed by atoms with Crippen molar-refractivity contribution in [3.63, 3.8) is 0 Å². The fourth-order valence-electron chi connectivity index (χ4n) is 3.52. The zero-order chi connectivity index (χ0) is 16.5. The fraction of sp³-hybridized carbons (Fsp3) is 0.474. The molecule has 5 nitrogen and oxygen atoms in total. The van der Waals surface area contributed by atoms with Gasteiger partial charge in [0, 0.05) is 31.1 Å². The summed E-state index contributed by atoms with van der Waals surface area (Å²) in [6.07, 6.45) is 4.88. The zero-order valence-corrected chi connectivity index (χ0v) is 14.0. The molecule has 2 aromatic rings. The number of fused-ring (bicyclic) bond motifs is 1. The van der Waals surface area contributed by atoms with E-state index in [2.05, 4.69) is 18.1 Å². The summed E-state index contributed by atoms with van der Waals surface area (Å²) in [6.45, 7) is 3.80. The van der Waals surface area contributed by atoms with Gasteiger partial charge < -0.3 is 14.2 Å². The van der Waals surface area contributed by atoms with Crippen molar-refractivity contribution in [3.8, 4) is 17.1 Å². The van der Waals surface area contributed by atoms with Crippen LogP contribution in [0.15, 0.2) is 28.8 Å². The molecule has 0 N–H and O–H groups in total. The van der Waals surface area contributed by atoms with Crippen LogP contribution in [-0.4, -0.2) is 35.2 Å². The zero-order valence-electron chi connectivity index (χ0n) is 14.0. The lowest BCUT2D eigenvalue weighted by Gasteiger charge is -2.26. The van der Waals surface area contributed by atoms with Crippen LogP contribution in [0.5, 0.6) is 5.75 Å². The summed E-state index contributed by atoms with van der Waals surface area (Å²) in [7, 11) is 0. The summed E-state index contributed by atoms with van der Waals surface area (Å²) in [5.41, 5.74) is 2.88. The Morgan fingerprint density at radius 2 is 2.08 bits per heavy atom. The Kier molecular flexibility index (Phi) is 4.00. The van der Waals surface area contributed by atoms with Crippen LogP contribution in [0.2, 0.25) is 0 Å². The Balaban J connectivity index is 1.47. The third-order valence-corrected chi connectivity index (χ3v) is 4.78. The number of amides is 1. The average Bonchev–Trinajstić information content (AvgIpc) is 3.20. The highest BCUT2D eigenvalue weighted by Gasteiger charge is 2.21. The monoisotopic (exact) mass is 326 g/mol. The van der Waals surface area contributed by atoms with E-state index in [1.54, 1.807) is 0 Å². The summed E-state index contributed by atoms with van der Waals surface area (Å²) in [5.74, 6) is 1.80. The lowest BCUT2D eigenvalue weighted by molar-refractivity contribution is -0.131. The van der Waals surface area contributed by atoms with Gasteiger partial charge in [-0.1, -0.05) is 5.16 Å². The van der Waals surface area contributed by atoms with Gasteiger partial charge in [0.2, 0.25) is 5.91 Å². The van der Waals surface area contributed by atoms with E-state index in [1.807, 2.05) is 23.1 Å². The first-order valence-electron chi connectivity index (χ1n) is 8.72. The second-order valence-electron chi connectivity index (χ2n) is 6.76. The number of rotatable bonds is 3. The molecule has 126 valence electrons. The quantitative estimate of drug-likeness (QED) is 0.869. The first-order valence-corrected chi connectivity index (χ1v) is 8.72. The van der Waals surface area contributed by atoms with Gasteiger partial charge in [-0.25, -0.2) is 0 Å². The van der Waals surface area contributed by atoms with Crippen molar-refractivity contribution in [2.45, 2.75) is 45.1 Å². The summed E-state index contributed by atoms with van der Waals surface area (Å²) >= 11 is 0. The number of benzene rings is 1. The number of likely N-dealkylation sites (tertiary alicyclic amines) is 1. The third-order valence-electron chi connectivity index (χ3n) is 4.78. The standard InChI is InChI=1S/C19H22N2O3/c1-13-9-15-10-14(5-6-17(15)23-13)18-11-16(20-24-18)12-19(22)21-7-3-2-4-8-21/h5-6,10-11,13H,2-4,7-9,12H2,1H3. The minimum atomic E-state index is 0.144. The van der Waals surface area contributed by atoms with Gasteiger partial charge in [0.25, 0.3) is 0 Å². The van der Waals surface area contributed by atoms with E-state index >= 15 is 0 Å². The van der Waals surface area contributed by atoms with Gasteiger partial charge in [0.05, 0.1) is 12.1 Å². The van der Waals surface area contributed by atoms with Crippen molar-refractivity contribution < 1.29 is 14.1 Å². The van der Waals surface area contributed by atoms with Gasteiger partial charge >= 0.3 is 0 Å². The molecule has 1 unspecified atom stereocenters. The Bertz CT molecular complexity index is 747. The van der Waals surface area contributed by atoms with Gasteiger partial charge in [-0.3, -0.25) is 4.79 Å². The molecule has 2 aliphatic rings. The molecule has 0 saturated carbocycles. The van der Waals surface area contributed by atoms with E-state index in [1.165, 1.54) is 12.0 Å². The van der Waals surface area contributed by atoms with E-state index in [-0.39, 0.29) is 12.0 Å². The van der Waals surface area contributed by atoms with Gasteiger partial charge in [-0.05, 0) is 49.9 Å². The maximum atomic E-state index is 12.3. The van der Waals surface area contributed by atoms with E-state index in [0.29, 0.717) is 17.9 Å². The molecule has 1 amide bonds. The second-order valence-corrected chi connectivity index (χ2v) is 6.76. The number of piperidine rings is 1. The average molecular weight is 326 g/mol. The van der Waals surface area contributed by atoms with Gasteiger partial charge in [0.1, 0.15) is 11.9 Å². The molecule has 24 heavy (non-hydrogen) atoms. The highest BCUT2D eigenvalue weighted by atomic mass is 16.5. The van der Waals surface area contributed by atoms with Gasteiger partial charge in [-0.15, -0.1) is 0 Å². The number of hydrogen-bond donors (Lipinski definition) is 0. The topological polar surface area (TPSA) is 55.6 Å². The van der Waals surface area contributed by atoms with Gasteiger partial charge in [-0.2, -0.15) is 0 Å². The first-order chi connectivity index (χ1) is 11.7. The molecule has 0 aliphatic carbocycles. The van der Waals surface area contributed by atoms with Crippen molar-refractivity contribution in [2.24, 2.45) is 0 Å². The van der Waals surface area contributed by atoms with Crippen LogP contribution in [0.4, 0.5) is 0 Å². The number of nitrogens with zero attached hydrogens (tertiary/aromatic N) is 2. The van der Waals surface area contributed by atoms with Crippen molar-refractivity contribution in [1.29, 1.82) is 0 Å². The number of aromatic nitrogens is 1. The Morgan fingerprint density at radius 1 is 1.25 bits per heavy atom. The summed E-state index contributed by atoms with van der Waals surface area (Å²) in [6, 6.07) is 7.93. The molecule has 5 heteroatoms. The Labute approximate surface area is 141 Å². The number of hydrogen-bond acceptors (Lipinski definition) is 4. The molecular formula is C19H22N2O3. The van der Waals surface area contributed by atoms with Crippen LogP contribution < -0.4 is 4.74 Å². The highest BCUT2D eigenvalue weighted by molar-refractivity contribution is 5.78. The molecule has 4 rings (SSSR count). The SMILES string of the molecule is CC1Cc2cc(-c3cc(CC(=O)N4CCCCC4)no3)ccc2O1. The largest absolute Gasteiger partial charge is 0.490 e. The Morgan fingerprint density at radius 3 is 2.92 bits per heavy atom. The van der Waals surface area contributed by atoms with Crippen LogP contribution in [0.25, 0.3) is 11.3 Å². The van der Waals surface area contributed by atoms with Crippen molar-refractivity contribution >= 4 is 5.91 Å². The molecule has 2 aliphatic heterocycles. The van der Waals surface area contributed by atoms with Crippen LogP contribution in [0, 0.1) is 0 Å². The highest BCUT2D eigenvalue weighted by Crippen LogP contribution is 2.33. The molecule has 1 aromatic carbocycles. The summed E-state index contributed by atoms with van der Waals surface area (Å²) < 4.78 is 11.2. The van der Waals surface area contributed by atoms with Crippen molar-refractivity contribution in [3.05, 3.63) is 35.5 Å². The maximum Gasteiger partial charge on any atom is 0.228 e. The number of carbonyl (C=O) groups is 1. The molecule has 0 spiro atoms. The molecule has 0 bridgehead atoms. The smallest absolute Gasteiger partial charge is 0.228 e. The summed E-state index contributed by atoms with van der Waals surface area (Å²) in [4.78, 5) is 14.3. The van der Waals surface area contributed by atoms with Crippen molar-refractivity contribution in [2.75, 3.05) is 13.1 Å². The van der Waals surface area contributed by atoms with E-state index in [0.717, 1.165) is 43.7 Å². The fourth-order valence-corrected chi connectivity index (χ4v) is 3.52. The van der Waals surface area contributed by atoms with Crippen LogP contribution in [-0.2, 0) is 17.6 Å². The predicted molar refractivity (Wildman–Crippen MR) is 89.9 cm³/mol. The minimum Gasteiger partial charge on any atom is -0.490 e. The molecule has 1 aromatic heterocycles. The molecule has 3 heterocycles. The molecular weight excluding hydrogens is 304 g/mol. The van der Waals surface area contributed by atoms with Crippen LogP contribution in [0.3, 0.4) is 0 Å². The number of carbonyl (C=O) groups excluding carboxylic acids is 1. The van der Waals surface area contributed by atoms with E-state index in [9.17, 15) is 4.79 Å². The molecule has 1 atom stereocenters. The lowest BCUT2D eigenvalue weighted by Crippen LogP contribution is -2.36. The summed E-state index contributed by atoms with van der Waals surface area (Å²) in [5, 5.41) is 4.08. The second kappa shape index (κ2) is 6.30. The van der Waals surface area contributed by atoms with E-state index in [4.69, 9.17) is 9.26 Å². The van der Waals surface area contributed by atoms with Crippen LogP contribution in [0.1, 0.15) is 37.4 Å². The third kappa shape index (κ3) is 3.03. The lowest BCUT2D eigenvalue weighted by atomic mass is 10.0. The number of ether oxygens (including phenoxy) is 1. The normalized spacial score (nSPS) is 19.9. The van der Waals surface area contributed by atoms with Gasteiger partial charge in [0.15, 0.2) is 5.76 Å². The maximum absolute atomic E-state index is 12.3. The predicted octanol–water partition coefficient (Wildman–Crippen LogP) is 3.22. The van der Waals surface area contributed by atoms with Crippen LogP contribution >= 0.6 is 0 Å². The Hall–Kier alpha value is -2.30. The first kappa shape index (κ1) is 15.2. The van der Waals surface area contributed by atoms with E-state index < -0.39 is 0 Å².